The van der Waals surface area contributed by atoms with Crippen LogP contribution in [0.25, 0.3) is 0 Å². The molecule has 0 unspecified atom stereocenters. The fourth-order valence-electron chi connectivity index (χ4n) is 1.77. The summed E-state index contributed by atoms with van der Waals surface area (Å²) in [4.78, 5) is 39.0. The van der Waals surface area contributed by atoms with Crippen molar-refractivity contribution in [2.45, 2.75) is 38.5 Å². The van der Waals surface area contributed by atoms with Crippen molar-refractivity contribution in [2.24, 2.45) is 0 Å². The molecule has 21 heavy (non-hydrogen) atoms. The van der Waals surface area contributed by atoms with Gasteiger partial charge in [-0.1, -0.05) is 13.0 Å². The van der Waals surface area contributed by atoms with Crippen molar-refractivity contribution in [3.05, 3.63) is 12.7 Å². The van der Waals surface area contributed by atoms with Crippen LogP contribution in [0, 0.1) is 0 Å². The third kappa shape index (κ3) is 7.45. The maximum atomic E-state index is 11.6. The van der Waals surface area contributed by atoms with E-state index in [9.17, 15) is 14.4 Å². The largest absolute Gasteiger partial charge is 0.358 e. The van der Waals surface area contributed by atoms with Gasteiger partial charge in [0.05, 0.1) is 0 Å². The standard InChI is InChI=1S/C14H22N2O5/c1-2-12(17)15-9-5-3-4-8-14(19)21-16-11-20-10-6-7-13(16)18/h2H,1,3-11H2,(H,15,17). The van der Waals surface area contributed by atoms with Gasteiger partial charge in [0.2, 0.25) is 5.91 Å². The Morgan fingerprint density at radius 3 is 2.95 bits per heavy atom. The van der Waals surface area contributed by atoms with Crippen molar-refractivity contribution in [3.63, 3.8) is 0 Å². The number of nitrogens with one attached hydrogen (secondary N) is 1. The second-order valence-electron chi connectivity index (χ2n) is 4.68. The van der Waals surface area contributed by atoms with E-state index < -0.39 is 5.97 Å². The molecule has 1 heterocycles. The molecular formula is C14H22N2O5. The molecule has 0 radical (unpaired) electrons. The van der Waals surface area contributed by atoms with Crippen LogP contribution < -0.4 is 5.32 Å². The monoisotopic (exact) mass is 298 g/mol. The molecule has 7 heteroatoms. The second-order valence-corrected chi connectivity index (χ2v) is 4.68. The molecule has 0 bridgehead atoms. The molecule has 1 aliphatic rings. The Labute approximate surface area is 124 Å². The molecule has 7 nitrogen and oxygen atoms in total. The van der Waals surface area contributed by atoms with Gasteiger partial charge in [-0.05, 0) is 25.3 Å². The minimum atomic E-state index is -0.441. The van der Waals surface area contributed by atoms with E-state index in [1.807, 2.05) is 0 Å². The molecule has 2 amide bonds. The summed E-state index contributed by atoms with van der Waals surface area (Å²) in [5.74, 6) is -0.869. The minimum absolute atomic E-state index is 0.00183. The first-order chi connectivity index (χ1) is 10.1. The smallest absolute Gasteiger partial charge is 0.332 e. The Balaban J connectivity index is 2.09. The number of nitrogens with zero attached hydrogens (tertiary/aromatic N) is 1. The van der Waals surface area contributed by atoms with Gasteiger partial charge in [-0.25, -0.2) is 4.79 Å². The zero-order chi connectivity index (χ0) is 15.5. The van der Waals surface area contributed by atoms with Crippen molar-refractivity contribution in [1.82, 2.24) is 10.4 Å². The number of carbonyl (C=O) groups excluding carboxylic acids is 3. The molecule has 1 saturated heterocycles. The lowest BCUT2D eigenvalue weighted by molar-refractivity contribution is -0.212. The van der Waals surface area contributed by atoms with Crippen LogP contribution in [0.4, 0.5) is 0 Å². The van der Waals surface area contributed by atoms with E-state index in [1.165, 1.54) is 6.08 Å². The van der Waals surface area contributed by atoms with Crippen LogP contribution in [-0.2, 0) is 24.0 Å². The number of unbranched alkanes of at least 4 members (excludes halogenated alkanes) is 2. The van der Waals surface area contributed by atoms with E-state index in [4.69, 9.17) is 9.57 Å². The molecule has 1 fully saturated rings. The maximum absolute atomic E-state index is 11.6. The molecule has 1 aliphatic heterocycles. The van der Waals surface area contributed by atoms with Crippen LogP contribution in [0.5, 0.6) is 0 Å². The lowest BCUT2D eigenvalue weighted by Gasteiger charge is -2.18. The highest BCUT2D eigenvalue weighted by Gasteiger charge is 2.20. The van der Waals surface area contributed by atoms with Crippen molar-refractivity contribution in [3.8, 4) is 0 Å². The first-order valence-corrected chi connectivity index (χ1v) is 7.12. The molecular weight excluding hydrogens is 276 g/mol. The summed E-state index contributed by atoms with van der Waals surface area (Å²) in [5, 5.41) is 3.64. The number of carbonyl (C=O) groups is 3. The highest BCUT2D eigenvalue weighted by Crippen LogP contribution is 2.08. The Morgan fingerprint density at radius 1 is 1.38 bits per heavy atom. The van der Waals surface area contributed by atoms with Gasteiger partial charge in [0.1, 0.15) is 0 Å². The molecule has 0 atom stereocenters. The highest BCUT2D eigenvalue weighted by molar-refractivity contribution is 5.86. The van der Waals surface area contributed by atoms with Gasteiger partial charge in [-0.15, -0.1) is 5.06 Å². The average molecular weight is 298 g/mol. The molecule has 0 spiro atoms. The predicted octanol–water partition coefficient (Wildman–Crippen LogP) is 0.904. The number of ether oxygens (including phenoxy) is 1. The zero-order valence-corrected chi connectivity index (χ0v) is 12.1. The second kappa shape index (κ2) is 9.93. The molecule has 0 aromatic carbocycles. The number of amides is 2. The topological polar surface area (TPSA) is 84.9 Å². The minimum Gasteiger partial charge on any atom is -0.358 e. The van der Waals surface area contributed by atoms with E-state index in [1.54, 1.807) is 0 Å². The van der Waals surface area contributed by atoms with Gasteiger partial charge < -0.3 is 14.9 Å². The van der Waals surface area contributed by atoms with E-state index >= 15 is 0 Å². The third-order valence-electron chi connectivity index (χ3n) is 2.92. The summed E-state index contributed by atoms with van der Waals surface area (Å²) in [6, 6.07) is 0. The van der Waals surface area contributed by atoms with Crippen molar-refractivity contribution < 1.29 is 24.0 Å². The predicted molar refractivity (Wildman–Crippen MR) is 74.7 cm³/mol. The van der Waals surface area contributed by atoms with Gasteiger partial charge in [-0.3, -0.25) is 9.59 Å². The van der Waals surface area contributed by atoms with Gasteiger partial charge in [0.25, 0.3) is 5.91 Å². The Bertz CT molecular complexity index is 384. The maximum Gasteiger partial charge on any atom is 0.332 e. The number of hydroxylamine groups is 2. The van der Waals surface area contributed by atoms with Gasteiger partial charge in [0.15, 0.2) is 6.73 Å². The SMILES string of the molecule is C=CC(=O)NCCCCCC(=O)ON1COCCCC1=O. The van der Waals surface area contributed by atoms with E-state index in [0.717, 1.165) is 17.9 Å². The van der Waals surface area contributed by atoms with Gasteiger partial charge >= 0.3 is 5.97 Å². The van der Waals surface area contributed by atoms with Crippen LogP contribution in [0.1, 0.15) is 38.5 Å². The van der Waals surface area contributed by atoms with E-state index in [2.05, 4.69) is 11.9 Å². The number of hydrogen-bond acceptors (Lipinski definition) is 5. The van der Waals surface area contributed by atoms with Crippen LogP contribution in [-0.4, -0.2) is 42.7 Å². The molecule has 0 aromatic heterocycles. The fourth-order valence-corrected chi connectivity index (χ4v) is 1.77. The summed E-state index contributed by atoms with van der Waals surface area (Å²) < 4.78 is 5.15. The first-order valence-electron chi connectivity index (χ1n) is 7.12. The molecule has 0 saturated carbocycles. The fraction of sp³-hybridized carbons (Fsp3) is 0.643. The van der Waals surface area contributed by atoms with Gasteiger partial charge in [0, 0.05) is 26.0 Å². The first kappa shape index (κ1) is 17.2. The molecule has 0 aromatic rings. The number of rotatable bonds is 8. The quantitative estimate of drug-likeness (QED) is 0.531. The summed E-state index contributed by atoms with van der Waals surface area (Å²) in [6.07, 6.45) is 4.64. The molecule has 118 valence electrons. The van der Waals surface area contributed by atoms with Crippen molar-refractivity contribution >= 4 is 17.8 Å². The average Bonchev–Trinajstić information content (AvgIpc) is 2.67. The van der Waals surface area contributed by atoms with E-state index in [-0.39, 0.29) is 25.0 Å². The van der Waals surface area contributed by atoms with Crippen molar-refractivity contribution in [2.75, 3.05) is 19.9 Å². The summed E-state index contributed by atoms with van der Waals surface area (Å²) >= 11 is 0. The molecule has 1 rings (SSSR count). The summed E-state index contributed by atoms with van der Waals surface area (Å²) in [6.45, 7) is 4.40. The van der Waals surface area contributed by atoms with Gasteiger partial charge in [-0.2, -0.15) is 0 Å². The zero-order valence-electron chi connectivity index (χ0n) is 12.1. The molecule has 1 N–H and O–H groups in total. The van der Waals surface area contributed by atoms with Crippen LogP contribution in [0.2, 0.25) is 0 Å². The lowest BCUT2D eigenvalue weighted by atomic mass is 10.2. The Hall–Kier alpha value is -1.89. The highest BCUT2D eigenvalue weighted by atomic mass is 16.7. The van der Waals surface area contributed by atoms with Crippen molar-refractivity contribution in [1.29, 1.82) is 0 Å². The normalized spacial score (nSPS) is 15.2. The third-order valence-corrected chi connectivity index (χ3v) is 2.92. The van der Waals surface area contributed by atoms with Crippen LogP contribution in [0.15, 0.2) is 12.7 Å². The number of hydrogen-bond donors (Lipinski definition) is 1. The summed E-state index contributed by atoms with van der Waals surface area (Å²) in [5.41, 5.74) is 0. The molecule has 0 aliphatic carbocycles. The van der Waals surface area contributed by atoms with Crippen LogP contribution in [0.3, 0.4) is 0 Å². The van der Waals surface area contributed by atoms with E-state index in [0.29, 0.717) is 32.4 Å². The summed E-state index contributed by atoms with van der Waals surface area (Å²) in [7, 11) is 0. The lowest BCUT2D eigenvalue weighted by Crippen LogP contribution is -2.33. The Morgan fingerprint density at radius 2 is 2.19 bits per heavy atom. The Kier molecular flexibility index (Phi) is 8.11. The van der Waals surface area contributed by atoms with Crippen LogP contribution >= 0.6 is 0 Å².